The molecular weight excluding hydrogens is 292 g/mol. The van der Waals surface area contributed by atoms with Crippen molar-refractivity contribution in [2.75, 3.05) is 27.2 Å². The van der Waals surface area contributed by atoms with Crippen LogP contribution in [0.1, 0.15) is 11.1 Å². The fourth-order valence-electron chi connectivity index (χ4n) is 1.65. The molecule has 8 heteroatoms. The van der Waals surface area contributed by atoms with Gasteiger partial charge in [-0.1, -0.05) is 12.1 Å². The van der Waals surface area contributed by atoms with E-state index in [-0.39, 0.29) is 30.6 Å². The van der Waals surface area contributed by atoms with Crippen molar-refractivity contribution in [3.8, 4) is 0 Å². The normalized spacial score (nSPS) is 11.2. The minimum atomic E-state index is -3.61. The molecule has 0 saturated heterocycles. The molecule has 0 atom stereocenters. The molecule has 0 aliphatic rings. The van der Waals surface area contributed by atoms with Crippen LogP contribution in [0.15, 0.2) is 23.1 Å². The number of aryl methyl sites for hydroxylation is 1. The van der Waals surface area contributed by atoms with Crippen LogP contribution in [-0.4, -0.2) is 46.5 Å². The van der Waals surface area contributed by atoms with Gasteiger partial charge < -0.3 is 16.0 Å². The van der Waals surface area contributed by atoms with Crippen LogP contribution in [0, 0.1) is 6.92 Å². The lowest BCUT2D eigenvalue weighted by atomic mass is 10.1. The summed E-state index contributed by atoms with van der Waals surface area (Å²) in [6.45, 7) is 2.34. The van der Waals surface area contributed by atoms with Gasteiger partial charge in [-0.2, -0.15) is 0 Å². The summed E-state index contributed by atoms with van der Waals surface area (Å²) in [4.78, 5) is 12.9. The van der Waals surface area contributed by atoms with Crippen molar-refractivity contribution in [3.05, 3.63) is 29.3 Å². The average molecular weight is 314 g/mol. The molecule has 4 N–H and O–H groups in total. The number of carbonyl (C=O) groups is 1. The van der Waals surface area contributed by atoms with Crippen molar-refractivity contribution in [2.24, 2.45) is 5.73 Å². The molecule has 1 aromatic rings. The number of sulfonamides is 1. The third-order valence-corrected chi connectivity index (χ3v) is 4.48. The smallest absolute Gasteiger partial charge is 0.316 e. The first kappa shape index (κ1) is 17.4. The van der Waals surface area contributed by atoms with Gasteiger partial charge in [-0.25, -0.2) is 17.9 Å². The minimum Gasteiger partial charge on any atom is -0.337 e. The van der Waals surface area contributed by atoms with Gasteiger partial charge in [0, 0.05) is 33.7 Å². The fraction of sp³-hybridized carbons (Fsp3) is 0.462. The number of amides is 2. The lowest BCUT2D eigenvalue weighted by Crippen LogP contribution is -2.39. The van der Waals surface area contributed by atoms with E-state index in [0.717, 1.165) is 5.56 Å². The molecule has 0 aromatic heterocycles. The second kappa shape index (κ2) is 7.39. The number of carbonyl (C=O) groups excluding carboxylic acids is 1. The van der Waals surface area contributed by atoms with Crippen molar-refractivity contribution in [2.45, 2.75) is 18.4 Å². The van der Waals surface area contributed by atoms with Gasteiger partial charge in [0.1, 0.15) is 0 Å². The molecule has 1 rings (SSSR count). The highest BCUT2D eigenvalue weighted by Gasteiger charge is 2.16. The molecule has 0 spiro atoms. The number of nitrogens with zero attached hydrogens (tertiary/aromatic N) is 1. The van der Waals surface area contributed by atoms with E-state index in [1.807, 2.05) is 0 Å². The van der Waals surface area contributed by atoms with Crippen LogP contribution in [0.5, 0.6) is 0 Å². The van der Waals surface area contributed by atoms with E-state index in [2.05, 4.69) is 10.0 Å². The van der Waals surface area contributed by atoms with Gasteiger partial charge in [0.25, 0.3) is 0 Å². The van der Waals surface area contributed by atoms with E-state index in [1.165, 1.54) is 4.90 Å². The molecule has 0 saturated carbocycles. The largest absolute Gasteiger partial charge is 0.337 e. The van der Waals surface area contributed by atoms with Gasteiger partial charge in [-0.15, -0.1) is 0 Å². The molecule has 0 radical (unpaired) electrons. The van der Waals surface area contributed by atoms with Crippen LogP contribution in [0.25, 0.3) is 0 Å². The summed E-state index contributed by atoms with van der Waals surface area (Å²) in [5.41, 5.74) is 6.93. The molecule has 0 heterocycles. The summed E-state index contributed by atoms with van der Waals surface area (Å²) in [6.07, 6.45) is 0. The van der Waals surface area contributed by atoms with Gasteiger partial charge in [-0.3, -0.25) is 0 Å². The van der Waals surface area contributed by atoms with E-state index in [0.29, 0.717) is 5.56 Å². The zero-order valence-corrected chi connectivity index (χ0v) is 13.3. The maximum absolute atomic E-state index is 12.2. The molecule has 1 aromatic carbocycles. The Hall–Kier alpha value is -1.64. The summed E-state index contributed by atoms with van der Waals surface area (Å²) in [6, 6.07) is 4.82. The van der Waals surface area contributed by atoms with Gasteiger partial charge in [0.2, 0.25) is 10.0 Å². The fourth-order valence-corrected chi connectivity index (χ4v) is 2.98. The molecule has 0 aliphatic carbocycles. The number of nitrogens with two attached hydrogens (primary N) is 1. The number of hydrogen-bond donors (Lipinski definition) is 3. The summed E-state index contributed by atoms with van der Waals surface area (Å²) >= 11 is 0. The minimum absolute atomic E-state index is 0.119. The van der Waals surface area contributed by atoms with Crippen molar-refractivity contribution in [3.63, 3.8) is 0 Å². The Bertz CT molecular complexity index is 599. The monoisotopic (exact) mass is 314 g/mol. The molecular formula is C13H22N4O3S. The Kier molecular flexibility index (Phi) is 6.13. The summed E-state index contributed by atoms with van der Waals surface area (Å²) in [5, 5.41) is 2.58. The zero-order chi connectivity index (χ0) is 16.0. The molecule has 2 amide bonds. The first-order valence-electron chi connectivity index (χ1n) is 6.52. The van der Waals surface area contributed by atoms with Crippen LogP contribution in [-0.2, 0) is 16.6 Å². The molecule has 0 bridgehead atoms. The average Bonchev–Trinajstić information content (AvgIpc) is 2.43. The number of rotatable bonds is 6. The topological polar surface area (TPSA) is 105 Å². The lowest BCUT2D eigenvalue weighted by Gasteiger charge is -2.13. The number of urea groups is 1. The van der Waals surface area contributed by atoms with Crippen molar-refractivity contribution in [1.82, 2.24) is 14.9 Å². The molecule has 0 aliphatic heterocycles. The van der Waals surface area contributed by atoms with Crippen LogP contribution in [0.4, 0.5) is 4.79 Å². The third kappa shape index (κ3) is 5.00. The lowest BCUT2D eigenvalue weighted by molar-refractivity contribution is 0.217. The predicted octanol–water partition coefficient (Wildman–Crippen LogP) is 0.00322. The summed E-state index contributed by atoms with van der Waals surface area (Å²) in [7, 11) is -0.388. The van der Waals surface area contributed by atoms with Crippen LogP contribution in [0.2, 0.25) is 0 Å². The van der Waals surface area contributed by atoms with E-state index in [4.69, 9.17) is 5.73 Å². The Labute approximate surface area is 125 Å². The number of hydrogen-bond acceptors (Lipinski definition) is 4. The van der Waals surface area contributed by atoms with Crippen molar-refractivity contribution in [1.29, 1.82) is 0 Å². The van der Waals surface area contributed by atoms with Gasteiger partial charge in [0.15, 0.2) is 0 Å². The number of nitrogens with one attached hydrogen (secondary N) is 2. The number of benzene rings is 1. The Balaban J connectivity index is 2.68. The highest BCUT2D eigenvalue weighted by molar-refractivity contribution is 7.89. The summed E-state index contributed by atoms with van der Waals surface area (Å²) in [5.74, 6) is 0. The van der Waals surface area contributed by atoms with E-state index < -0.39 is 10.0 Å². The first-order chi connectivity index (χ1) is 9.77. The molecule has 118 valence electrons. The van der Waals surface area contributed by atoms with Gasteiger partial charge >= 0.3 is 6.03 Å². The standard InChI is InChI=1S/C13H22N4O3S/c1-10-4-5-11(9-14)8-12(10)21(19,20)16-7-6-15-13(18)17(2)3/h4-5,8,16H,6-7,9,14H2,1-3H3,(H,15,18). The van der Waals surface area contributed by atoms with Crippen molar-refractivity contribution < 1.29 is 13.2 Å². The molecule has 21 heavy (non-hydrogen) atoms. The van der Waals surface area contributed by atoms with E-state index in [1.54, 1.807) is 39.2 Å². The maximum atomic E-state index is 12.2. The van der Waals surface area contributed by atoms with Crippen LogP contribution in [0.3, 0.4) is 0 Å². The summed E-state index contributed by atoms with van der Waals surface area (Å²) < 4.78 is 26.9. The first-order valence-corrected chi connectivity index (χ1v) is 8.00. The zero-order valence-electron chi connectivity index (χ0n) is 12.5. The van der Waals surface area contributed by atoms with Crippen LogP contribution >= 0.6 is 0 Å². The SMILES string of the molecule is Cc1ccc(CN)cc1S(=O)(=O)NCCNC(=O)N(C)C. The maximum Gasteiger partial charge on any atom is 0.316 e. The van der Waals surface area contributed by atoms with Gasteiger partial charge in [0.05, 0.1) is 4.90 Å². The second-order valence-corrected chi connectivity index (χ2v) is 6.56. The molecule has 0 unspecified atom stereocenters. The third-order valence-electron chi connectivity index (χ3n) is 2.88. The molecule has 7 nitrogen and oxygen atoms in total. The predicted molar refractivity (Wildman–Crippen MR) is 81.3 cm³/mol. The van der Waals surface area contributed by atoms with Crippen LogP contribution < -0.4 is 15.8 Å². The highest BCUT2D eigenvalue weighted by atomic mass is 32.2. The Morgan fingerprint density at radius 3 is 2.52 bits per heavy atom. The Morgan fingerprint density at radius 2 is 1.95 bits per heavy atom. The highest BCUT2D eigenvalue weighted by Crippen LogP contribution is 2.16. The van der Waals surface area contributed by atoms with E-state index in [9.17, 15) is 13.2 Å². The molecule has 0 fully saturated rings. The second-order valence-electron chi connectivity index (χ2n) is 4.83. The van der Waals surface area contributed by atoms with E-state index >= 15 is 0 Å². The quantitative estimate of drug-likeness (QED) is 0.643. The Morgan fingerprint density at radius 1 is 1.29 bits per heavy atom. The van der Waals surface area contributed by atoms with Gasteiger partial charge in [-0.05, 0) is 24.1 Å². The van der Waals surface area contributed by atoms with Crippen molar-refractivity contribution >= 4 is 16.1 Å².